The summed E-state index contributed by atoms with van der Waals surface area (Å²) in [6.45, 7) is 3.10. The number of aliphatic hydroxyl groups is 1. The van der Waals surface area contributed by atoms with Crippen molar-refractivity contribution in [3.8, 4) is 0 Å². The summed E-state index contributed by atoms with van der Waals surface area (Å²) in [5.74, 6) is 0. The molecule has 0 heterocycles. The number of hydrogen-bond donors (Lipinski definition) is 1. The molecular weight excluding hydrogens is 132 g/mol. The SMILES string of the molecule is CCC(COCCO)OC. The molecule has 0 rings (SSSR count). The van der Waals surface area contributed by atoms with Gasteiger partial charge < -0.3 is 14.6 Å². The Kier molecular flexibility index (Phi) is 6.91. The second kappa shape index (κ2) is 6.99. The standard InChI is InChI=1S/C7H16O3/c1-3-7(9-2)6-10-5-4-8/h7-8H,3-6H2,1-2H3. The summed E-state index contributed by atoms with van der Waals surface area (Å²) in [6, 6.07) is 0. The molecule has 1 atom stereocenters. The zero-order chi connectivity index (χ0) is 7.82. The molecule has 0 aromatic heterocycles. The average molecular weight is 148 g/mol. The largest absolute Gasteiger partial charge is 0.394 e. The van der Waals surface area contributed by atoms with E-state index in [2.05, 4.69) is 0 Å². The Morgan fingerprint density at radius 1 is 1.50 bits per heavy atom. The fraction of sp³-hybridized carbons (Fsp3) is 1.00. The fourth-order valence-corrected chi connectivity index (χ4v) is 0.632. The first-order valence-electron chi connectivity index (χ1n) is 3.56. The van der Waals surface area contributed by atoms with Gasteiger partial charge in [-0.1, -0.05) is 6.92 Å². The zero-order valence-corrected chi connectivity index (χ0v) is 6.67. The molecule has 0 bridgehead atoms. The minimum absolute atomic E-state index is 0.0835. The quantitative estimate of drug-likeness (QED) is 0.555. The summed E-state index contributed by atoms with van der Waals surface area (Å²) in [6.07, 6.45) is 1.12. The van der Waals surface area contributed by atoms with Gasteiger partial charge in [0.05, 0.1) is 25.9 Å². The van der Waals surface area contributed by atoms with Gasteiger partial charge >= 0.3 is 0 Å². The van der Waals surface area contributed by atoms with Crippen LogP contribution in [0.3, 0.4) is 0 Å². The maximum Gasteiger partial charge on any atom is 0.0802 e. The molecule has 0 radical (unpaired) electrons. The molecule has 0 aromatic rings. The molecule has 3 nitrogen and oxygen atoms in total. The van der Waals surface area contributed by atoms with Crippen molar-refractivity contribution in [2.24, 2.45) is 0 Å². The number of aliphatic hydroxyl groups excluding tert-OH is 1. The van der Waals surface area contributed by atoms with Gasteiger partial charge in [-0.2, -0.15) is 0 Å². The number of methoxy groups -OCH3 is 1. The summed E-state index contributed by atoms with van der Waals surface area (Å²) >= 11 is 0. The van der Waals surface area contributed by atoms with Gasteiger partial charge in [0, 0.05) is 7.11 Å². The first kappa shape index (κ1) is 9.88. The lowest BCUT2D eigenvalue weighted by Crippen LogP contribution is -2.18. The van der Waals surface area contributed by atoms with E-state index in [0.29, 0.717) is 13.2 Å². The van der Waals surface area contributed by atoms with Crippen LogP contribution in [0, 0.1) is 0 Å². The van der Waals surface area contributed by atoms with Crippen LogP contribution >= 0.6 is 0 Å². The van der Waals surface area contributed by atoms with Crippen molar-refractivity contribution in [1.82, 2.24) is 0 Å². The van der Waals surface area contributed by atoms with E-state index in [4.69, 9.17) is 14.6 Å². The first-order valence-corrected chi connectivity index (χ1v) is 3.56. The van der Waals surface area contributed by atoms with E-state index in [1.807, 2.05) is 6.92 Å². The maximum absolute atomic E-state index is 8.36. The summed E-state index contributed by atoms with van der Waals surface area (Å²) in [4.78, 5) is 0. The fourth-order valence-electron chi connectivity index (χ4n) is 0.632. The van der Waals surface area contributed by atoms with E-state index < -0.39 is 0 Å². The Morgan fingerprint density at radius 3 is 2.60 bits per heavy atom. The smallest absolute Gasteiger partial charge is 0.0802 e. The molecule has 0 saturated carbocycles. The van der Waals surface area contributed by atoms with Gasteiger partial charge in [0.1, 0.15) is 0 Å². The van der Waals surface area contributed by atoms with E-state index in [9.17, 15) is 0 Å². The zero-order valence-electron chi connectivity index (χ0n) is 6.67. The van der Waals surface area contributed by atoms with Crippen LogP contribution in [0.5, 0.6) is 0 Å². The van der Waals surface area contributed by atoms with Crippen molar-refractivity contribution in [2.45, 2.75) is 19.4 Å². The van der Waals surface area contributed by atoms with Gasteiger partial charge in [-0.15, -0.1) is 0 Å². The van der Waals surface area contributed by atoms with E-state index >= 15 is 0 Å². The highest BCUT2D eigenvalue weighted by Gasteiger charge is 2.02. The van der Waals surface area contributed by atoms with Gasteiger partial charge in [0.2, 0.25) is 0 Å². The predicted molar refractivity (Wildman–Crippen MR) is 39.0 cm³/mol. The topological polar surface area (TPSA) is 38.7 Å². The molecule has 0 saturated heterocycles. The normalized spacial score (nSPS) is 13.5. The van der Waals surface area contributed by atoms with Gasteiger partial charge in [0.15, 0.2) is 0 Å². The van der Waals surface area contributed by atoms with E-state index in [1.54, 1.807) is 7.11 Å². The van der Waals surface area contributed by atoms with E-state index in [1.165, 1.54) is 0 Å². The van der Waals surface area contributed by atoms with Gasteiger partial charge in [-0.3, -0.25) is 0 Å². The van der Waals surface area contributed by atoms with E-state index in [-0.39, 0.29) is 12.7 Å². The molecule has 0 aliphatic rings. The van der Waals surface area contributed by atoms with E-state index in [0.717, 1.165) is 6.42 Å². The summed E-state index contributed by atoms with van der Waals surface area (Å²) in [7, 11) is 1.66. The monoisotopic (exact) mass is 148 g/mol. The molecule has 0 spiro atoms. The molecule has 0 aliphatic carbocycles. The van der Waals surface area contributed by atoms with Crippen LogP contribution in [0.15, 0.2) is 0 Å². The van der Waals surface area contributed by atoms with Crippen LogP contribution in [-0.4, -0.2) is 38.1 Å². The lowest BCUT2D eigenvalue weighted by molar-refractivity contribution is -0.00318. The van der Waals surface area contributed by atoms with Crippen molar-refractivity contribution in [2.75, 3.05) is 26.9 Å². The van der Waals surface area contributed by atoms with Crippen LogP contribution in [0.25, 0.3) is 0 Å². The molecule has 10 heavy (non-hydrogen) atoms. The molecule has 62 valence electrons. The highest BCUT2D eigenvalue weighted by atomic mass is 16.5. The second-order valence-corrected chi connectivity index (χ2v) is 2.06. The molecule has 0 amide bonds. The van der Waals surface area contributed by atoms with Crippen molar-refractivity contribution in [3.63, 3.8) is 0 Å². The number of rotatable bonds is 6. The lowest BCUT2D eigenvalue weighted by Gasteiger charge is -2.11. The highest BCUT2D eigenvalue weighted by molar-refractivity contribution is 4.50. The third-order valence-corrected chi connectivity index (χ3v) is 1.33. The molecule has 1 N–H and O–H groups in total. The van der Waals surface area contributed by atoms with Crippen LogP contribution < -0.4 is 0 Å². The Labute approximate surface area is 62.0 Å². The van der Waals surface area contributed by atoms with Crippen LogP contribution in [-0.2, 0) is 9.47 Å². The Bertz CT molecular complexity index is 61.9. The van der Waals surface area contributed by atoms with Crippen LogP contribution in [0.1, 0.15) is 13.3 Å². The first-order chi connectivity index (χ1) is 4.85. The Balaban J connectivity index is 3.09. The summed E-state index contributed by atoms with van der Waals surface area (Å²) in [5.41, 5.74) is 0. The van der Waals surface area contributed by atoms with Gasteiger partial charge in [-0.05, 0) is 6.42 Å². The number of ether oxygens (including phenoxy) is 2. The summed E-state index contributed by atoms with van der Waals surface area (Å²) < 4.78 is 10.1. The maximum atomic E-state index is 8.36. The van der Waals surface area contributed by atoms with Crippen molar-refractivity contribution in [3.05, 3.63) is 0 Å². The van der Waals surface area contributed by atoms with Crippen molar-refractivity contribution in [1.29, 1.82) is 0 Å². The summed E-state index contributed by atoms with van der Waals surface area (Å²) in [5, 5.41) is 8.36. The number of hydrogen-bond acceptors (Lipinski definition) is 3. The van der Waals surface area contributed by atoms with Crippen molar-refractivity contribution < 1.29 is 14.6 Å². The minimum atomic E-state index is 0.0835. The molecular formula is C7H16O3. The minimum Gasteiger partial charge on any atom is -0.394 e. The molecule has 3 heteroatoms. The van der Waals surface area contributed by atoms with Gasteiger partial charge in [0.25, 0.3) is 0 Å². The Morgan fingerprint density at radius 2 is 2.20 bits per heavy atom. The third-order valence-electron chi connectivity index (χ3n) is 1.33. The average Bonchev–Trinajstić information content (AvgIpc) is 1.99. The Hall–Kier alpha value is -0.120. The van der Waals surface area contributed by atoms with Crippen LogP contribution in [0.2, 0.25) is 0 Å². The second-order valence-electron chi connectivity index (χ2n) is 2.06. The third kappa shape index (κ3) is 4.73. The van der Waals surface area contributed by atoms with Gasteiger partial charge in [-0.25, -0.2) is 0 Å². The highest BCUT2D eigenvalue weighted by Crippen LogP contribution is 1.95. The molecule has 0 aromatic carbocycles. The molecule has 0 fully saturated rings. The van der Waals surface area contributed by atoms with Crippen LogP contribution in [0.4, 0.5) is 0 Å². The molecule has 1 unspecified atom stereocenters. The predicted octanol–water partition coefficient (Wildman–Crippen LogP) is 0.420. The lowest BCUT2D eigenvalue weighted by atomic mass is 10.3. The van der Waals surface area contributed by atoms with Crippen molar-refractivity contribution >= 4 is 0 Å². The molecule has 0 aliphatic heterocycles.